The van der Waals surface area contributed by atoms with Gasteiger partial charge in [0.1, 0.15) is 11.5 Å². The fourth-order valence-electron chi connectivity index (χ4n) is 2.49. The topological polar surface area (TPSA) is 41.5 Å². The first-order chi connectivity index (χ1) is 9.24. The number of phenolic OH excluding ortho intramolecular Hbond substituents is 1. The van der Waals surface area contributed by atoms with Gasteiger partial charge in [-0.05, 0) is 18.2 Å². The molecule has 0 radical (unpaired) electrons. The number of nitrogens with one attached hydrogen (secondary N) is 1. The Kier molecular flexibility index (Phi) is 3.03. The molecule has 0 fully saturated rings. The lowest BCUT2D eigenvalue weighted by Gasteiger charge is -2.32. The summed E-state index contributed by atoms with van der Waals surface area (Å²) in [6, 6.07) is 15.5. The van der Waals surface area contributed by atoms with Crippen LogP contribution in [0.15, 0.2) is 48.5 Å². The van der Waals surface area contributed by atoms with Crippen molar-refractivity contribution in [2.75, 3.05) is 11.9 Å². The number of rotatable bonds is 2. The zero-order valence-electron chi connectivity index (χ0n) is 10.8. The van der Waals surface area contributed by atoms with Gasteiger partial charge in [0, 0.05) is 23.2 Å². The fraction of sp³-hybridized carbons (Fsp3) is 0.250. The molecule has 0 spiro atoms. The van der Waals surface area contributed by atoms with E-state index in [1.807, 2.05) is 30.3 Å². The lowest BCUT2D eigenvalue weighted by molar-refractivity contribution is 0.214. The lowest BCUT2D eigenvalue weighted by Crippen LogP contribution is -2.28. The molecule has 1 aliphatic rings. The average molecular weight is 255 g/mol. The number of phenols is 1. The van der Waals surface area contributed by atoms with Crippen LogP contribution in [0.5, 0.6) is 11.5 Å². The number of anilines is 1. The van der Waals surface area contributed by atoms with E-state index in [4.69, 9.17) is 4.74 Å². The molecule has 19 heavy (non-hydrogen) atoms. The fourth-order valence-corrected chi connectivity index (χ4v) is 2.49. The van der Waals surface area contributed by atoms with Crippen LogP contribution in [0.4, 0.5) is 5.69 Å². The molecule has 2 aromatic carbocycles. The van der Waals surface area contributed by atoms with Gasteiger partial charge in [-0.2, -0.15) is 0 Å². The third kappa shape index (κ3) is 2.36. The van der Waals surface area contributed by atoms with Crippen LogP contribution in [-0.2, 0) is 0 Å². The van der Waals surface area contributed by atoms with Crippen LogP contribution < -0.4 is 10.1 Å². The van der Waals surface area contributed by atoms with E-state index in [1.165, 1.54) is 5.56 Å². The summed E-state index contributed by atoms with van der Waals surface area (Å²) in [5, 5.41) is 13.0. The van der Waals surface area contributed by atoms with E-state index in [2.05, 4.69) is 18.3 Å². The summed E-state index contributed by atoms with van der Waals surface area (Å²) in [5.41, 5.74) is 2.10. The Labute approximate surface area is 112 Å². The highest BCUT2D eigenvalue weighted by Crippen LogP contribution is 2.37. The molecule has 98 valence electrons. The van der Waals surface area contributed by atoms with E-state index >= 15 is 0 Å². The van der Waals surface area contributed by atoms with Crippen molar-refractivity contribution in [2.24, 2.45) is 5.92 Å². The summed E-state index contributed by atoms with van der Waals surface area (Å²) in [6.07, 6.45) is 0. The minimum absolute atomic E-state index is 0.201. The molecule has 2 unspecified atom stereocenters. The van der Waals surface area contributed by atoms with Gasteiger partial charge in [0.15, 0.2) is 0 Å². The quantitative estimate of drug-likeness (QED) is 0.862. The number of para-hydroxylation sites is 1. The molecule has 3 nitrogen and oxygen atoms in total. The van der Waals surface area contributed by atoms with Crippen LogP contribution in [0.1, 0.15) is 18.5 Å². The summed E-state index contributed by atoms with van der Waals surface area (Å²) < 4.78 is 5.74. The molecule has 0 amide bonds. The molecule has 2 N–H and O–H groups in total. The van der Waals surface area contributed by atoms with Gasteiger partial charge in [-0.3, -0.25) is 0 Å². The average Bonchev–Trinajstić information content (AvgIpc) is 2.42. The monoisotopic (exact) mass is 255 g/mol. The van der Waals surface area contributed by atoms with E-state index in [0.29, 0.717) is 12.5 Å². The van der Waals surface area contributed by atoms with Gasteiger partial charge in [0.25, 0.3) is 0 Å². The van der Waals surface area contributed by atoms with Crippen molar-refractivity contribution in [3.63, 3.8) is 0 Å². The van der Waals surface area contributed by atoms with Crippen LogP contribution in [0.3, 0.4) is 0 Å². The van der Waals surface area contributed by atoms with Crippen LogP contribution in [-0.4, -0.2) is 11.7 Å². The highest BCUT2D eigenvalue weighted by Gasteiger charge is 2.27. The van der Waals surface area contributed by atoms with Crippen LogP contribution >= 0.6 is 0 Å². The number of fused-ring (bicyclic) bond motifs is 1. The molecular formula is C16H17NO2. The third-order valence-corrected chi connectivity index (χ3v) is 3.49. The lowest BCUT2D eigenvalue weighted by atomic mass is 9.92. The number of benzene rings is 2. The van der Waals surface area contributed by atoms with E-state index in [1.54, 1.807) is 12.1 Å². The van der Waals surface area contributed by atoms with Crippen LogP contribution in [0, 0.1) is 5.92 Å². The van der Waals surface area contributed by atoms with Gasteiger partial charge in [0.2, 0.25) is 0 Å². The molecule has 0 saturated heterocycles. The number of hydrogen-bond acceptors (Lipinski definition) is 3. The molecule has 0 saturated carbocycles. The van der Waals surface area contributed by atoms with E-state index in [9.17, 15) is 5.11 Å². The van der Waals surface area contributed by atoms with Gasteiger partial charge >= 0.3 is 0 Å². The molecular weight excluding hydrogens is 238 g/mol. The van der Waals surface area contributed by atoms with Crippen LogP contribution in [0.25, 0.3) is 0 Å². The Morgan fingerprint density at radius 2 is 2.00 bits per heavy atom. The highest BCUT2D eigenvalue weighted by atomic mass is 16.5. The van der Waals surface area contributed by atoms with E-state index in [-0.39, 0.29) is 11.8 Å². The highest BCUT2D eigenvalue weighted by molar-refractivity contribution is 5.51. The first kappa shape index (κ1) is 11.9. The SMILES string of the molecule is CC1COc2ccccc2C1Nc1cccc(O)c1. The maximum atomic E-state index is 9.54. The van der Waals surface area contributed by atoms with Crippen molar-refractivity contribution in [2.45, 2.75) is 13.0 Å². The molecule has 3 rings (SSSR count). The summed E-state index contributed by atoms with van der Waals surface area (Å²) in [5.74, 6) is 1.59. The molecule has 2 aromatic rings. The molecule has 0 bridgehead atoms. The molecule has 3 heteroatoms. The maximum absolute atomic E-state index is 9.54. The van der Waals surface area contributed by atoms with Crippen LogP contribution in [0.2, 0.25) is 0 Å². The minimum atomic E-state index is 0.201. The maximum Gasteiger partial charge on any atom is 0.124 e. The zero-order chi connectivity index (χ0) is 13.2. The van der Waals surface area contributed by atoms with E-state index < -0.39 is 0 Å². The number of hydrogen-bond donors (Lipinski definition) is 2. The standard InChI is InChI=1S/C16H17NO2/c1-11-10-19-15-8-3-2-7-14(15)16(11)17-12-5-4-6-13(18)9-12/h2-9,11,16-18H,10H2,1H3. The van der Waals surface area contributed by atoms with Crippen molar-refractivity contribution in [1.29, 1.82) is 0 Å². The molecule has 0 aromatic heterocycles. The van der Waals surface area contributed by atoms with E-state index in [0.717, 1.165) is 11.4 Å². The zero-order valence-corrected chi connectivity index (χ0v) is 10.8. The Balaban J connectivity index is 1.91. The summed E-state index contributed by atoms with van der Waals surface area (Å²) in [6.45, 7) is 2.86. The smallest absolute Gasteiger partial charge is 0.124 e. The van der Waals surface area contributed by atoms with Gasteiger partial charge < -0.3 is 15.2 Å². The molecule has 1 aliphatic heterocycles. The second kappa shape index (κ2) is 4.84. The van der Waals surface area contributed by atoms with Crippen molar-refractivity contribution in [3.8, 4) is 11.5 Å². The predicted molar refractivity (Wildman–Crippen MR) is 75.6 cm³/mol. The molecule has 1 heterocycles. The second-order valence-electron chi connectivity index (χ2n) is 5.00. The Morgan fingerprint density at radius 3 is 2.84 bits per heavy atom. The van der Waals surface area contributed by atoms with Crippen molar-refractivity contribution in [3.05, 3.63) is 54.1 Å². The Morgan fingerprint density at radius 1 is 1.16 bits per heavy atom. The van der Waals surface area contributed by atoms with Gasteiger partial charge in [-0.15, -0.1) is 0 Å². The minimum Gasteiger partial charge on any atom is -0.508 e. The normalized spacial score (nSPS) is 21.3. The summed E-state index contributed by atoms with van der Waals surface area (Å²) >= 11 is 0. The number of ether oxygens (including phenoxy) is 1. The van der Waals surface area contributed by atoms with Gasteiger partial charge in [-0.1, -0.05) is 31.2 Å². The predicted octanol–water partition coefficient (Wildman–Crippen LogP) is 3.57. The largest absolute Gasteiger partial charge is 0.508 e. The van der Waals surface area contributed by atoms with Crippen molar-refractivity contribution >= 4 is 5.69 Å². The van der Waals surface area contributed by atoms with Gasteiger partial charge in [0.05, 0.1) is 12.6 Å². The molecule has 0 aliphatic carbocycles. The van der Waals surface area contributed by atoms with Crippen molar-refractivity contribution < 1.29 is 9.84 Å². The van der Waals surface area contributed by atoms with Crippen molar-refractivity contribution in [1.82, 2.24) is 0 Å². The number of aromatic hydroxyl groups is 1. The molecule has 2 atom stereocenters. The second-order valence-corrected chi connectivity index (χ2v) is 5.00. The first-order valence-electron chi connectivity index (χ1n) is 6.51. The first-order valence-corrected chi connectivity index (χ1v) is 6.51. The summed E-state index contributed by atoms with van der Waals surface area (Å²) in [4.78, 5) is 0. The summed E-state index contributed by atoms with van der Waals surface area (Å²) in [7, 11) is 0. The Hall–Kier alpha value is -2.16. The third-order valence-electron chi connectivity index (χ3n) is 3.49. The Bertz CT molecular complexity index is 582. The van der Waals surface area contributed by atoms with Gasteiger partial charge in [-0.25, -0.2) is 0 Å².